The van der Waals surface area contributed by atoms with Crippen molar-refractivity contribution in [2.45, 2.75) is 19.9 Å². The van der Waals surface area contributed by atoms with Crippen LogP contribution in [0, 0.1) is 0 Å². The molecule has 1 atom stereocenters. The second kappa shape index (κ2) is 6.77. The second-order valence-corrected chi connectivity index (χ2v) is 4.98. The quantitative estimate of drug-likeness (QED) is 0.906. The zero-order chi connectivity index (χ0) is 12.8. The van der Waals surface area contributed by atoms with Gasteiger partial charge in [-0.05, 0) is 31.5 Å². The number of hydrogen-bond acceptors (Lipinski definition) is 2. The Morgan fingerprint density at radius 1 is 1.53 bits per heavy atom. The number of amides is 1. The lowest BCUT2D eigenvalue weighted by atomic mass is 10.1. The number of nitrogens with one attached hydrogen (secondary N) is 1. The van der Waals surface area contributed by atoms with E-state index in [2.05, 4.69) is 40.3 Å². The molecular formula is C13H19BrN2O. The van der Waals surface area contributed by atoms with Gasteiger partial charge < -0.3 is 10.2 Å². The summed E-state index contributed by atoms with van der Waals surface area (Å²) < 4.78 is 1.06. The fraction of sp³-hybridized carbons (Fsp3) is 0.462. The van der Waals surface area contributed by atoms with Crippen molar-refractivity contribution in [2.75, 3.05) is 20.1 Å². The number of nitrogens with zero attached hydrogens (tertiary/aromatic N) is 1. The topological polar surface area (TPSA) is 32.3 Å². The number of carbonyl (C=O) groups is 1. The summed E-state index contributed by atoms with van der Waals surface area (Å²) in [6.45, 7) is 5.14. The van der Waals surface area contributed by atoms with Crippen LogP contribution in [0.4, 0.5) is 0 Å². The highest BCUT2D eigenvalue weighted by Gasteiger charge is 2.10. The van der Waals surface area contributed by atoms with Crippen LogP contribution in [0.3, 0.4) is 0 Å². The van der Waals surface area contributed by atoms with Crippen LogP contribution in [0.25, 0.3) is 0 Å². The van der Waals surface area contributed by atoms with Gasteiger partial charge in [-0.3, -0.25) is 4.79 Å². The van der Waals surface area contributed by atoms with E-state index in [4.69, 9.17) is 0 Å². The molecule has 1 rings (SSSR count). The van der Waals surface area contributed by atoms with Crippen LogP contribution in [0.1, 0.15) is 25.5 Å². The zero-order valence-electron chi connectivity index (χ0n) is 10.5. The molecule has 1 aromatic carbocycles. The fourth-order valence-electron chi connectivity index (χ4n) is 1.45. The van der Waals surface area contributed by atoms with Gasteiger partial charge in [0.2, 0.25) is 5.91 Å². The fourth-order valence-corrected chi connectivity index (χ4v) is 1.86. The molecule has 0 aliphatic carbocycles. The summed E-state index contributed by atoms with van der Waals surface area (Å²) in [6.07, 6.45) is 0. The Morgan fingerprint density at radius 3 is 2.82 bits per heavy atom. The summed E-state index contributed by atoms with van der Waals surface area (Å²) in [6, 6.07) is 8.27. The lowest BCUT2D eigenvalue weighted by molar-refractivity contribution is -0.128. The van der Waals surface area contributed by atoms with E-state index >= 15 is 0 Å². The molecule has 0 saturated heterocycles. The maximum absolute atomic E-state index is 11.6. The van der Waals surface area contributed by atoms with E-state index in [0.717, 1.165) is 11.0 Å². The molecule has 94 valence electrons. The molecule has 0 aliphatic heterocycles. The molecule has 0 spiro atoms. The summed E-state index contributed by atoms with van der Waals surface area (Å²) in [5.74, 6) is 0.120. The smallest absolute Gasteiger partial charge is 0.236 e. The van der Waals surface area contributed by atoms with Crippen molar-refractivity contribution < 1.29 is 4.79 Å². The molecule has 1 unspecified atom stereocenters. The first-order chi connectivity index (χ1) is 8.04. The predicted molar refractivity (Wildman–Crippen MR) is 73.9 cm³/mol. The molecule has 0 aromatic heterocycles. The number of hydrogen-bond donors (Lipinski definition) is 1. The van der Waals surface area contributed by atoms with Gasteiger partial charge in [0.1, 0.15) is 0 Å². The Balaban J connectivity index is 2.50. The molecule has 0 saturated carbocycles. The lowest BCUT2D eigenvalue weighted by Gasteiger charge is -2.18. The van der Waals surface area contributed by atoms with Gasteiger partial charge in [0, 0.05) is 24.1 Å². The summed E-state index contributed by atoms with van der Waals surface area (Å²) in [4.78, 5) is 13.3. The minimum atomic E-state index is 0.120. The van der Waals surface area contributed by atoms with E-state index < -0.39 is 0 Å². The first-order valence-electron chi connectivity index (χ1n) is 5.77. The first-order valence-corrected chi connectivity index (χ1v) is 6.56. The highest BCUT2D eigenvalue weighted by atomic mass is 79.9. The summed E-state index contributed by atoms with van der Waals surface area (Å²) in [5.41, 5.74) is 1.17. The van der Waals surface area contributed by atoms with Gasteiger partial charge in [0.25, 0.3) is 0 Å². The molecule has 0 aliphatic rings. The van der Waals surface area contributed by atoms with Crippen LogP contribution in [-0.4, -0.2) is 30.9 Å². The number of likely N-dealkylation sites (N-methyl/N-ethyl adjacent to an activating group) is 1. The van der Waals surface area contributed by atoms with Crippen LogP contribution in [-0.2, 0) is 4.79 Å². The minimum absolute atomic E-state index is 0.120. The van der Waals surface area contributed by atoms with Crippen molar-refractivity contribution in [3.05, 3.63) is 34.3 Å². The Labute approximate surface area is 111 Å². The molecule has 4 heteroatoms. The van der Waals surface area contributed by atoms with Crippen LogP contribution < -0.4 is 5.32 Å². The van der Waals surface area contributed by atoms with Gasteiger partial charge >= 0.3 is 0 Å². The highest BCUT2D eigenvalue weighted by molar-refractivity contribution is 9.10. The van der Waals surface area contributed by atoms with E-state index in [-0.39, 0.29) is 11.9 Å². The Bertz CT molecular complexity index is 381. The molecular weight excluding hydrogens is 280 g/mol. The van der Waals surface area contributed by atoms with E-state index in [0.29, 0.717) is 6.54 Å². The van der Waals surface area contributed by atoms with Gasteiger partial charge in [-0.1, -0.05) is 28.1 Å². The minimum Gasteiger partial charge on any atom is -0.345 e. The average Bonchev–Trinajstić information content (AvgIpc) is 2.34. The van der Waals surface area contributed by atoms with Crippen molar-refractivity contribution in [3.8, 4) is 0 Å². The summed E-state index contributed by atoms with van der Waals surface area (Å²) in [7, 11) is 1.81. The molecule has 0 heterocycles. The molecule has 1 amide bonds. The Morgan fingerprint density at radius 2 is 2.24 bits per heavy atom. The normalized spacial score (nSPS) is 12.2. The second-order valence-electron chi connectivity index (χ2n) is 4.07. The zero-order valence-corrected chi connectivity index (χ0v) is 12.1. The van der Waals surface area contributed by atoms with Crippen LogP contribution in [0.5, 0.6) is 0 Å². The van der Waals surface area contributed by atoms with Gasteiger partial charge in [-0.2, -0.15) is 0 Å². The summed E-state index contributed by atoms with van der Waals surface area (Å²) in [5, 5.41) is 3.23. The maximum Gasteiger partial charge on any atom is 0.236 e. The largest absolute Gasteiger partial charge is 0.345 e. The third-order valence-electron chi connectivity index (χ3n) is 2.81. The molecule has 17 heavy (non-hydrogen) atoms. The van der Waals surface area contributed by atoms with Crippen molar-refractivity contribution in [3.63, 3.8) is 0 Å². The molecule has 3 nitrogen and oxygen atoms in total. The van der Waals surface area contributed by atoms with Crippen molar-refractivity contribution in [2.24, 2.45) is 0 Å². The van der Waals surface area contributed by atoms with E-state index in [1.165, 1.54) is 5.56 Å². The third kappa shape index (κ3) is 4.48. The van der Waals surface area contributed by atoms with E-state index in [1.807, 2.05) is 26.1 Å². The van der Waals surface area contributed by atoms with E-state index in [9.17, 15) is 4.79 Å². The SMILES string of the molecule is CCN(C)C(=O)CNC(C)c1cccc(Br)c1. The third-order valence-corrected chi connectivity index (χ3v) is 3.30. The van der Waals surface area contributed by atoms with Gasteiger partial charge in [0.05, 0.1) is 6.54 Å². The Hall–Kier alpha value is -0.870. The number of halogens is 1. The van der Waals surface area contributed by atoms with Crippen LogP contribution in [0.2, 0.25) is 0 Å². The Kier molecular flexibility index (Phi) is 5.65. The number of benzene rings is 1. The van der Waals surface area contributed by atoms with E-state index in [1.54, 1.807) is 4.90 Å². The van der Waals surface area contributed by atoms with Gasteiger partial charge in [-0.25, -0.2) is 0 Å². The monoisotopic (exact) mass is 298 g/mol. The number of carbonyl (C=O) groups excluding carboxylic acids is 1. The average molecular weight is 299 g/mol. The van der Waals surface area contributed by atoms with Gasteiger partial charge in [0.15, 0.2) is 0 Å². The summed E-state index contributed by atoms with van der Waals surface area (Å²) >= 11 is 3.44. The lowest BCUT2D eigenvalue weighted by Crippen LogP contribution is -2.36. The molecule has 1 N–H and O–H groups in total. The van der Waals surface area contributed by atoms with Crippen LogP contribution in [0.15, 0.2) is 28.7 Å². The predicted octanol–water partition coefficient (Wildman–Crippen LogP) is 2.58. The molecule has 0 bridgehead atoms. The van der Waals surface area contributed by atoms with Crippen molar-refractivity contribution in [1.29, 1.82) is 0 Å². The number of rotatable bonds is 5. The maximum atomic E-state index is 11.6. The highest BCUT2D eigenvalue weighted by Crippen LogP contribution is 2.17. The van der Waals surface area contributed by atoms with Crippen molar-refractivity contribution >= 4 is 21.8 Å². The van der Waals surface area contributed by atoms with Gasteiger partial charge in [-0.15, -0.1) is 0 Å². The molecule has 0 fully saturated rings. The molecule has 1 aromatic rings. The molecule has 0 radical (unpaired) electrons. The first kappa shape index (κ1) is 14.2. The standard InChI is InChI=1S/C13H19BrN2O/c1-4-16(3)13(17)9-15-10(2)11-6-5-7-12(14)8-11/h5-8,10,15H,4,9H2,1-3H3. The van der Waals surface area contributed by atoms with Crippen molar-refractivity contribution in [1.82, 2.24) is 10.2 Å². The van der Waals surface area contributed by atoms with Crippen LogP contribution >= 0.6 is 15.9 Å².